The minimum Gasteiger partial charge on any atom is -0.478 e. The molecule has 1 N–H and O–H groups in total. The van der Waals surface area contributed by atoms with Crippen molar-refractivity contribution in [3.05, 3.63) is 47.4 Å². The van der Waals surface area contributed by atoms with E-state index in [1.54, 1.807) is 32.0 Å². The van der Waals surface area contributed by atoms with Gasteiger partial charge in [0.25, 0.3) is 0 Å². The number of rotatable bonds is 3. The van der Waals surface area contributed by atoms with E-state index in [1.807, 2.05) is 17.0 Å². The summed E-state index contributed by atoms with van der Waals surface area (Å²) in [6.07, 6.45) is 1.84. The summed E-state index contributed by atoms with van der Waals surface area (Å²) < 4.78 is 0. The maximum Gasteiger partial charge on any atom is 0.335 e. The molecule has 2 heterocycles. The molecule has 1 aliphatic heterocycles. The van der Waals surface area contributed by atoms with Gasteiger partial charge in [-0.3, -0.25) is 4.79 Å². The summed E-state index contributed by atoms with van der Waals surface area (Å²) in [4.78, 5) is 33.8. The Bertz CT molecular complexity index is 804. The van der Waals surface area contributed by atoms with E-state index in [9.17, 15) is 9.59 Å². The van der Waals surface area contributed by atoms with Gasteiger partial charge in [-0.2, -0.15) is 0 Å². The highest BCUT2D eigenvalue weighted by molar-refractivity contribution is 5.89. The fraction of sp³-hybridized carbons (Fsp3) is 0.333. The van der Waals surface area contributed by atoms with Gasteiger partial charge in [0, 0.05) is 19.0 Å². The minimum absolute atomic E-state index is 0.0365. The maximum atomic E-state index is 11.8. The molecule has 6 heteroatoms. The molecule has 1 atom stereocenters. The average Bonchev–Trinajstić information content (AvgIpc) is 3.04. The lowest BCUT2D eigenvalue weighted by Gasteiger charge is -2.23. The molecule has 0 unspecified atom stereocenters. The molecular formula is C18H19N3O3. The number of amides is 1. The van der Waals surface area contributed by atoms with Crippen molar-refractivity contribution >= 4 is 11.9 Å². The number of carbonyl (C=O) groups excluding carboxylic acids is 1. The van der Waals surface area contributed by atoms with Crippen molar-refractivity contribution in [1.29, 1.82) is 0 Å². The second-order valence-electron chi connectivity index (χ2n) is 5.98. The average molecular weight is 325 g/mol. The summed E-state index contributed by atoms with van der Waals surface area (Å²) >= 11 is 0. The van der Waals surface area contributed by atoms with Gasteiger partial charge in [0.2, 0.25) is 5.91 Å². The third kappa shape index (κ3) is 3.13. The summed E-state index contributed by atoms with van der Waals surface area (Å²) in [5.41, 5.74) is 2.44. The van der Waals surface area contributed by atoms with Crippen molar-refractivity contribution in [3.8, 4) is 11.3 Å². The van der Waals surface area contributed by atoms with Crippen molar-refractivity contribution in [2.75, 3.05) is 6.54 Å². The molecule has 1 aromatic carbocycles. The summed E-state index contributed by atoms with van der Waals surface area (Å²) in [5, 5.41) is 9.16. The zero-order chi connectivity index (χ0) is 17.3. The molecule has 3 rings (SSSR count). The van der Waals surface area contributed by atoms with Crippen molar-refractivity contribution < 1.29 is 14.7 Å². The van der Waals surface area contributed by atoms with E-state index in [-0.39, 0.29) is 17.5 Å². The maximum absolute atomic E-state index is 11.8. The first-order valence-corrected chi connectivity index (χ1v) is 7.92. The monoisotopic (exact) mass is 325 g/mol. The van der Waals surface area contributed by atoms with Gasteiger partial charge in [-0.15, -0.1) is 0 Å². The number of aryl methyl sites for hydroxylation is 1. The van der Waals surface area contributed by atoms with E-state index in [2.05, 4.69) is 9.97 Å². The fourth-order valence-corrected chi connectivity index (χ4v) is 3.17. The first kappa shape index (κ1) is 16.1. The largest absolute Gasteiger partial charge is 0.478 e. The molecule has 1 aromatic heterocycles. The number of carboxylic acids is 1. The number of benzene rings is 1. The Morgan fingerprint density at radius 1 is 1.25 bits per heavy atom. The van der Waals surface area contributed by atoms with Gasteiger partial charge >= 0.3 is 5.97 Å². The van der Waals surface area contributed by atoms with Gasteiger partial charge in [-0.25, -0.2) is 14.8 Å². The molecule has 0 aliphatic carbocycles. The van der Waals surface area contributed by atoms with Crippen molar-refractivity contribution in [2.45, 2.75) is 32.7 Å². The van der Waals surface area contributed by atoms with Crippen molar-refractivity contribution in [1.82, 2.24) is 14.9 Å². The SMILES string of the molecule is CC(=O)N1CCC[C@@H]1c1cc(-c2cccc(C(=O)O)c2)nc(C)n1. The van der Waals surface area contributed by atoms with Crippen molar-refractivity contribution in [2.24, 2.45) is 0 Å². The van der Waals surface area contributed by atoms with Crippen LogP contribution in [0, 0.1) is 6.92 Å². The first-order valence-electron chi connectivity index (χ1n) is 7.92. The molecule has 2 aromatic rings. The van der Waals surface area contributed by atoms with E-state index in [0.29, 0.717) is 11.5 Å². The van der Waals surface area contributed by atoms with Crippen LogP contribution in [0.1, 0.15) is 47.7 Å². The Balaban J connectivity index is 2.02. The fourth-order valence-electron chi connectivity index (χ4n) is 3.17. The predicted octanol–water partition coefficient (Wildman–Crippen LogP) is 2.83. The number of hydrogen-bond donors (Lipinski definition) is 1. The van der Waals surface area contributed by atoms with E-state index < -0.39 is 5.97 Å². The topological polar surface area (TPSA) is 83.4 Å². The van der Waals surface area contributed by atoms with Crippen LogP contribution in [0.4, 0.5) is 0 Å². The molecule has 6 nitrogen and oxygen atoms in total. The molecule has 0 spiro atoms. The summed E-state index contributed by atoms with van der Waals surface area (Å²) in [5.74, 6) is -0.316. The van der Waals surface area contributed by atoms with E-state index >= 15 is 0 Å². The number of aromatic nitrogens is 2. The lowest BCUT2D eigenvalue weighted by Crippen LogP contribution is -2.28. The summed E-state index contributed by atoms with van der Waals surface area (Å²) in [6, 6.07) is 8.51. The third-order valence-corrected chi connectivity index (χ3v) is 4.26. The number of carbonyl (C=O) groups is 2. The molecule has 1 aliphatic rings. The highest BCUT2D eigenvalue weighted by Gasteiger charge is 2.29. The molecule has 0 radical (unpaired) electrons. The van der Waals surface area contributed by atoms with Gasteiger partial charge in [-0.05, 0) is 38.0 Å². The van der Waals surface area contributed by atoms with E-state index in [1.165, 1.54) is 0 Å². The molecule has 0 saturated carbocycles. The number of likely N-dealkylation sites (tertiary alicyclic amines) is 1. The Labute approximate surface area is 140 Å². The van der Waals surface area contributed by atoms with Crippen LogP contribution in [0.5, 0.6) is 0 Å². The molecule has 1 amide bonds. The van der Waals surface area contributed by atoms with Crippen LogP contribution in [0.3, 0.4) is 0 Å². The number of hydrogen-bond acceptors (Lipinski definition) is 4. The van der Waals surface area contributed by atoms with Gasteiger partial charge in [0.05, 0.1) is 23.0 Å². The Morgan fingerprint density at radius 2 is 2.04 bits per heavy atom. The van der Waals surface area contributed by atoms with Crippen LogP contribution >= 0.6 is 0 Å². The van der Waals surface area contributed by atoms with Crippen LogP contribution in [0.15, 0.2) is 30.3 Å². The van der Waals surface area contributed by atoms with E-state index in [4.69, 9.17) is 5.11 Å². The Morgan fingerprint density at radius 3 is 2.75 bits per heavy atom. The summed E-state index contributed by atoms with van der Waals surface area (Å²) in [6.45, 7) is 4.12. The predicted molar refractivity (Wildman–Crippen MR) is 88.5 cm³/mol. The Kier molecular flexibility index (Phi) is 4.29. The lowest BCUT2D eigenvalue weighted by molar-refractivity contribution is -0.129. The molecule has 1 saturated heterocycles. The molecule has 124 valence electrons. The second-order valence-corrected chi connectivity index (χ2v) is 5.98. The second kappa shape index (κ2) is 6.39. The van der Waals surface area contributed by atoms with Crippen molar-refractivity contribution in [3.63, 3.8) is 0 Å². The van der Waals surface area contributed by atoms with Gasteiger partial charge in [-0.1, -0.05) is 12.1 Å². The normalized spacial score (nSPS) is 17.1. The zero-order valence-electron chi connectivity index (χ0n) is 13.7. The lowest BCUT2D eigenvalue weighted by atomic mass is 10.0. The van der Waals surface area contributed by atoms with Crippen LogP contribution in [-0.2, 0) is 4.79 Å². The zero-order valence-corrected chi connectivity index (χ0v) is 13.7. The van der Waals surface area contributed by atoms with Crippen LogP contribution < -0.4 is 0 Å². The standard InChI is InChI=1S/C18H19N3O3/c1-11-19-15(13-5-3-6-14(9-13)18(23)24)10-16(20-11)17-7-4-8-21(17)12(2)22/h3,5-6,9-10,17H,4,7-8H2,1-2H3,(H,23,24)/t17-/m1/s1. The quantitative estimate of drug-likeness (QED) is 0.938. The highest BCUT2D eigenvalue weighted by atomic mass is 16.4. The summed E-state index contributed by atoms with van der Waals surface area (Å²) in [7, 11) is 0. The van der Waals surface area contributed by atoms with E-state index in [0.717, 1.165) is 30.6 Å². The molecular weight excluding hydrogens is 306 g/mol. The number of carboxylic acid groups (broad SMARTS) is 1. The Hall–Kier alpha value is -2.76. The molecule has 0 bridgehead atoms. The van der Waals surface area contributed by atoms with Gasteiger partial charge in [0.1, 0.15) is 5.82 Å². The van der Waals surface area contributed by atoms with Gasteiger partial charge in [0.15, 0.2) is 0 Å². The smallest absolute Gasteiger partial charge is 0.335 e. The van der Waals surface area contributed by atoms with Crippen LogP contribution in [0.25, 0.3) is 11.3 Å². The number of nitrogens with zero attached hydrogens (tertiary/aromatic N) is 3. The first-order chi connectivity index (χ1) is 11.5. The van der Waals surface area contributed by atoms with Gasteiger partial charge < -0.3 is 10.0 Å². The third-order valence-electron chi connectivity index (χ3n) is 4.26. The number of aromatic carboxylic acids is 1. The van der Waals surface area contributed by atoms with Crippen LogP contribution in [0.2, 0.25) is 0 Å². The minimum atomic E-state index is -0.971. The molecule has 24 heavy (non-hydrogen) atoms. The van der Waals surface area contributed by atoms with Crippen LogP contribution in [-0.4, -0.2) is 38.4 Å². The molecule has 1 fully saturated rings. The highest BCUT2D eigenvalue weighted by Crippen LogP contribution is 2.32.